The Hall–Kier alpha value is -2.84. The molecule has 22 heavy (non-hydrogen) atoms. The molecule has 4 nitrogen and oxygen atoms in total. The minimum atomic E-state index is 0. The molecule has 0 aliphatic carbocycles. The Balaban J connectivity index is 0.000000882. The van der Waals surface area contributed by atoms with Crippen LogP contribution in [0.5, 0.6) is 5.75 Å². The van der Waals surface area contributed by atoms with Crippen LogP contribution < -0.4 is 10.1 Å². The van der Waals surface area contributed by atoms with Crippen molar-refractivity contribution in [2.75, 3.05) is 5.32 Å². The van der Waals surface area contributed by atoms with Crippen molar-refractivity contribution in [3.8, 4) is 5.75 Å². The molecule has 116 valence electrons. The Kier molecular flexibility index (Phi) is 3.24. The molecule has 5 heteroatoms. The first-order valence-corrected chi connectivity index (χ1v) is 7.32. The number of aryl methyl sites for hydroxylation is 1. The molecule has 1 aromatic heterocycles. The van der Waals surface area contributed by atoms with Crippen molar-refractivity contribution >= 4 is 17.0 Å². The number of benzene rings is 1. The summed E-state index contributed by atoms with van der Waals surface area (Å²) < 4.78 is 8.33. The summed E-state index contributed by atoms with van der Waals surface area (Å²) in [5.74, 6) is 2.43. The molecule has 0 spiro atoms. The van der Waals surface area contributed by atoms with Gasteiger partial charge in [0.25, 0.3) is 0 Å². The molecule has 1 aromatic carbocycles. The first kappa shape index (κ1) is 15.5. The Bertz CT molecular complexity index is 738. The number of rotatable bonds is 0. The van der Waals surface area contributed by atoms with E-state index in [2.05, 4.69) is 51.0 Å². The Morgan fingerprint density at radius 2 is 1.86 bits per heavy atom. The molecule has 0 saturated heterocycles. The first-order valence-electron chi connectivity index (χ1n) is 7.32. The van der Waals surface area contributed by atoms with Crippen LogP contribution in [-0.2, 0) is 0 Å². The number of nitrogens with zero attached hydrogens (tertiary/aromatic N) is 2. The third kappa shape index (κ3) is 1.59. The maximum absolute atomic E-state index is 6.12. The number of ether oxygens (including phenoxy) is 1. The fraction of sp³-hybridized carbons (Fsp3) is 0.529. The predicted octanol–water partition coefficient (Wildman–Crippen LogP) is 4.00. The number of hydrogen-bond donors (Lipinski definition) is 1. The topological polar surface area (TPSA) is 39.1 Å². The van der Waals surface area contributed by atoms with Gasteiger partial charge in [-0.1, -0.05) is 27.8 Å². The molecule has 2 aliphatic rings. The van der Waals surface area contributed by atoms with E-state index in [9.17, 15) is 0 Å². The summed E-state index contributed by atoms with van der Waals surface area (Å²) in [4.78, 5) is 4.81. The van der Waals surface area contributed by atoms with Crippen molar-refractivity contribution in [3.63, 3.8) is 0 Å². The summed E-state index contributed by atoms with van der Waals surface area (Å²) in [6, 6.07) is 0.328. The zero-order chi connectivity index (χ0) is 14.2. The average Bonchev–Trinajstić information content (AvgIpc) is 3.00. The van der Waals surface area contributed by atoms with Gasteiger partial charge < -0.3 is 14.6 Å². The number of fused-ring (bicyclic) bond motifs is 5. The van der Waals surface area contributed by atoms with Crippen LogP contribution in [0, 0.1) is 20.4 Å². The molecule has 2 aliphatic heterocycles. The zero-order valence-electron chi connectivity index (χ0n) is 13.3. The van der Waals surface area contributed by atoms with Gasteiger partial charge in [-0.2, -0.15) is 0 Å². The van der Waals surface area contributed by atoms with Crippen LogP contribution in [0.4, 0.5) is 5.95 Å². The smallest absolute Gasteiger partial charge is 0.116 e. The van der Waals surface area contributed by atoms with E-state index in [1.807, 2.05) is 0 Å². The summed E-state index contributed by atoms with van der Waals surface area (Å²) in [5, 5.41) is 3.41. The van der Waals surface area contributed by atoms with Gasteiger partial charge in [0.2, 0.25) is 0 Å². The number of aromatic nitrogens is 2. The van der Waals surface area contributed by atoms with E-state index < -0.39 is 0 Å². The van der Waals surface area contributed by atoms with Gasteiger partial charge in [-0.15, -0.1) is 0 Å². The number of nitrogens with one attached hydrogen (secondary N) is 1. The van der Waals surface area contributed by atoms with E-state index in [0.29, 0.717) is 12.0 Å². The van der Waals surface area contributed by atoms with Crippen molar-refractivity contribution in [1.29, 1.82) is 0 Å². The van der Waals surface area contributed by atoms with Gasteiger partial charge >= 0.3 is 0 Å². The number of imidazole rings is 1. The van der Waals surface area contributed by atoms with Gasteiger partial charge in [-0.25, -0.2) is 0 Å². The molecule has 0 amide bonds. The normalized spacial score (nSPS) is 24.5. The molecule has 0 radical (unpaired) electrons. The summed E-state index contributed by atoms with van der Waals surface area (Å²) in [6.45, 7) is 13.0. The molecule has 3 unspecified atom stereocenters. The van der Waals surface area contributed by atoms with Crippen molar-refractivity contribution in [3.05, 3.63) is 23.2 Å². The SMILES string of the molecule is C.Cc1c2c(c3c(nc4n3[CH-]C(C)N4)c1C)C(C)C(C)O2.[Rf]. The van der Waals surface area contributed by atoms with Crippen LogP contribution in [0.1, 0.15) is 50.8 Å². The van der Waals surface area contributed by atoms with E-state index >= 15 is 0 Å². The number of anilines is 1. The third-order valence-electron chi connectivity index (χ3n) is 4.86. The summed E-state index contributed by atoms with van der Waals surface area (Å²) in [7, 11) is 0. The first-order chi connectivity index (χ1) is 9.49. The molecule has 0 bridgehead atoms. The molecule has 3 heterocycles. The summed E-state index contributed by atoms with van der Waals surface area (Å²) >= 11 is 0. The van der Waals surface area contributed by atoms with Crippen LogP contribution in [0.15, 0.2) is 0 Å². The molecule has 0 saturated carbocycles. The second-order valence-electron chi connectivity index (χ2n) is 6.19. The maximum Gasteiger partial charge on any atom is 0.116 e. The quantitative estimate of drug-likeness (QED) is 0.502. The van der Waals surface area contributed by atoms with Crippen LogP contribution in [0.2, 0.25) is 0 Å². The van der Waals surface area contributed by atoms with Crippen molar-refractivity contribution in [2.45, 2.75) is 60.1 Å². The Morgan fingerprint density at radius 3 is 2.55 bits per heavy atom. The second kappa shape index (κ2) is 4.58. The predicted molar refractivity (Wildman–Crippen MR) is 87.2 cm³/mol. The summed E-state index contributed by atoms with van der Waals surface area (Å²) in [6.07, 6.45) is 0.228. The minimum Gasteiger partial charge on any atom is -0.491 e. The Labute approximate surface area is 126 Å². The number of hydrogen-bond acceptors (Lipinski definition) is 3. The van der Waals surface area contributed by atoms with Crippen LogP contribution in [0.3, 0.4) is 0 Å². The standard InChI is InChI=1S/C16H20N3O.CH4.Rf/c1-7-6-19-14-12-10(4)11(5)20-15(12)9(3)8(2)13(14)18-16(19)17-7;;/h6-7,10-11H,1-5H3,(H,17,18);1H4;/q-1;;. The van der Waals surface area contributed by atoms with Gasteiger partial charge in [0.05, 0.1) is 5.95 Å². The van der Waals surface area contributed by atoms with E-state index in [-0.39, 0.29) is 13.5 Å². The van der Waals surface area contributed by atoms with Gasteiger partial charge in [0.15, 0.2) is 0 Å². The zero-order valence-corrected chi connectivity index (χ0v) is 19.7. The Morgan fingerprint density at radius 1 is 1.18 bits per heavy atom. The average molecular weight is 553 g/mol. The molecule has 0 fully saturated rings. The van der Waals surface area contributed by atoms with Gasteiger partial charge in [0, 0.05) is 17.5 Å². The van der Waals surface area contributed by atoms with Crippen molar-refractivity contribution < 1.29 is 4.74 Å². The van der Waals surface area contributed by atoms with E-state index in [1.165, 1.54) is 22.2 Å². The molecule has 3 atom stereocenters. The fourth-order valence-corrected chi connectivity index (χ4v) is 3.42. The maximum atomic E-state index is 6.12. The van der Waals surface area contributed by atoms with E-state index in [1.54, 1.807) is 0 Å². The molecule has 2 aromatic rings. The second-order valence-corrected chi connectivity index (χ2v) is 6.19. The van der Waals surface area contributed by atoms with Crippen LogP contribution in [0.25, 0.3) is 11.0 Å². The molecular weight excluding hydrogens is 529 g/mol. The third-order valence-corrected chi connectivity index (χ3v) is 4.86. The van der Waals surface area contributed by atoms with Gasteiger partial charge in [0.1, 0.15) is 11.9 Å². The molecular formula is C17H24N3ORf-. The van der Waals surface area contributed by atoms with Crippen molar-refractivity contribution in [1.82, 2.24) is 9.55 Å². The van der Waals surface area contributed by atoms with Crippen LogP contribution >= 0.6 is 0 Å². The van der Waals surface area contributed by atoms with E-state index in [4.69, 9.17) is 9.72 Å². The minimum absolute atomic E-state index is 0. The summed E-state index contributed by atoms with van der Waals surface area (Å²) in [5.41, 5.74) is 6.11. The fourth-order valence-electron chi connectivity index (χ4n) is 3.42. The monoisotopic (exact) mass is 553 g/mol. The largest absolute Gasteiger partial charge is 0.491 e. The van der Waals surface area contributed by atoms with Gasteiger partial charge in [-0.3, -0.25) is 4.98 Å². The van der Waals surface area contributed by atoms with Gasteiger partial charge in [-0.05, 0) is 43.0 Å². The van der Waals surface area contributed by atoms with Crippen molar-refractivity contribution in [2.24, 2.45) is 0 Å². The molecule has 4 rings (SSSR count). The molecule has 1 N–H and O–H groups in total. The van der Waals surface area contributed by atoms with Crippen LogP contribution in [-0.4, -0.2) is 21.7 Å². The van der Waals surface area contributed by atoms with E-state index in [0.717, 1.165) is 17.2 Å².